The summed E-state index contributed by atoms with van der Waals surface area (Å²) in [4.78, 5) is 11.8. The quantitative estimate of drug-likeness (QED) is 0.670. The van der Waals surface area contributed by atoms with Crippen molar-refractivity contribution in [3.05, 3.63) is 69.2 Å². The number of amides is 1. The van der Waals surface area contributed by atoms with E-state index in [2.05, 4.69) is 26.5 Å². The summed E-state index contributed by atoms with van der Waals surface area (Å²) in [5.74, 6) is -0.334. The molecule has 0 atom stereocenters. The van der Waals surface area contributed by atoms with E-state index in [4.69, 9.17) is 11.6 Å². The molecule has 0 bridgehead atoms. The molecule has 1 amide bonds. The summed E-state index contributed by atoms with van der Waals surface area (Å²) < 4.78 is 0.991. The Bertz CT molecular complexity index is 611. The SMILES string of the molecule is O=C(N/N=C/c1ccc(Br)cc1)c1ccccc1Cl. The summed E-state index contributed by atoms with van der Waals surface area (Å²) in [6.07, 6.45) is 1.57. The van der Waals surface area contributed by atoms with Gasteiger partial charge in [0.15, 0.2) is 0 Å². The zero-order valence-corrected chi connectivity index (χ0v) is 12.1. The highest BCUT2D eigenvalue weighted by molar-refractivity contribution is 9.10. The van der Waals surface area contributed by atoms with Crippen molar-refractivity contribution in [3.63, 3.8) is 0 Å². The minimum atomic E-state index is -0.334. The maximum absolute atomic E-state index is 11.8. The molecule has 0 spiro atoms. The summed E-state index contributed by atoms with van der Waals surface area (Å²) in [6.45, 7) is 0. The van der Waals surface area contributed by atoms with E-state index in [1.165, 1.54) is 0 Å². The van der Waals surface area contributed by atoms with Crippen LogP contribution in [0.1, 0.15) is 15.9 Å². The molecule has 2 aromatic rings. The number of nitrogens with zero attached hydrogens (tertiary/aromatic N) is 1. The molecule has 0 saturated heterocycles. The third kappa shape index (κ3) is 3.91. The van der Waals surface area contributed by atoms with Crippen LogP contribution in [0.3, 0.4) is 0 Å². The number of hydrogen-bond donors (Lipinski definition) is 1. The highest BCUT2D eigenvalue weighted by Gasteiger charge is 2.07. The Labute approximate surface area is 124 Å². The number of hydrogen-bond acceptors (Lipinski definition) is 2. The Morgan fingerprint density at radius 1 is 1.16 bits per heavy atom. The smallest absolute Gasteiger partial charge is 0.267 e. The summed E-state index contributed by atoms with van der Waals surface area (Å²) in [6, 6.07) is 14.4. The summed E-state index contributed by atoms with van der Waals surface area (Å²) in [5, 5.41) is 4.29. The molecule has 0 unspecified atom stereocenters. The lowest BCUT2D eigenvalue weighted by Crippen LogP contribution is -2.17. The predicted molar refractivity (Wildman–Crippen MR) is 80.7 cm³/mol. The summed E-state index contributed by atoms with van der Waals surface area (Å²) in [7, 11) is 0. The fourth-order valence-electron chi connectivity index (χ4n) is 1.42. The molecule has 1 N–H and O–H groups in total. The van der Waals surface area contributed by atoms with Gasteiger partial charge in [-0.15, -0.1) is 0 Å². The van der Waals surface area contributed by atoms with Gasteiger partial charge in [-0.2, -0.15) is 5.10 Å². The van der Waals surface area contributed by atoms with Gasteiger partial charge < -0.3 is 0 Å². The summed E-state index contributed by atoms with van der Waals surface area (Å²) >= 11 is 9.26. The van der Waals surface area contributed by atoms with Gasteiger partial charge in [0.2, 0.25) is 0 Å². The Kier molecular flexibility index (Phi) is 4.71. The summed E-state index contributed by atoms with van der Waals surface area (Å²) in [5.41, 5.74) is 3.73. The Morgan fingerprint density at radius 2 is 1.84 bits per heavy atom. The fraction of sp³-hybridized carbons (Fsp3) is 0. The van der Waals surface area contributed by atoms with E-state index in [1.54, 1.807) is 30.5 Å². The van der Waals surface area contributed by atoms with Crippen molar-refractivity contribution in [1.82, 2.24) is 5.43 Å². The van der Waals surface area contributed by atoms with Crippen molar-refractivity contribution in [2.45, 2.75) is 0 Å². The minimum Gasteiger partial charge on any atom is -0.267 e. The highest BCUT2D eigenvalue weighted by Crippen LogP contribution is 2.14. The van der Waals surface area contributed by atoms with E-state index in [9.17, 15) is 4.79 Å². The first-order valence-electron chi connectivity index (χ1n) is 5.50. The van der Waals surface area contributed by atoms with Crippen LogP contribution in [-0.4, -0.2) is 12.1 Å². The normalized spacial score (nSPS) is 10.6. The molecule has 5 heteroatoms. The van der Waals surface area contributed by atoms with Crippen LogP contribution in [0.4, 0.5) is 0 Å². The minimum absolute atomic E-state index is 0.334. The number of halogens is 2. The van der Waals surface area contributed by atoms with Gasteiger partial charge in [-0.25, -0.2) is 5.43 Å². The van der Waals surface area contributed by atoms with Crippen LogP contribution < -0.4 is 5.43 Å². The first-order chi connectivity index (χ1) is 9.16. The maximum Gasteiger partial charge on any atom is 0.272 e. The number of carbonyl (C=O) groups excluding carboxylic acids is 1. The standard InChI is InChI=1S/C14H10BrClN2O/c15-11-7-5-10(6-8-11)9-17-18-14(19)12-3-1-2-4-13(12)16/h1-9H,(H,18,19)/b17-9+. The molecule has 0 aromatic heterocycles. The van der Waals surface area contributed by atoms with Crippen LogP contribution >= 0.6 is 27.5 Å². The predicted octanol–water partition coefficient (Wildman–Crippen LogP) is 3.87. The van der Waals surface area contributed by atoms with Crippen LogP contribution in [0.15, 0.2) is 58.1 Å². The van der Waals surface area contributed by atoms with Gasteiger partial charge >= 0.3 is 0 Å². The fourth-order valence-corrected chi connectivity index (χ4v) is 1.91. The molecule has 2 rings (SSSR count). The van der Waals surface area contributed by atoms with Crippen molar-refractivity contribution < 1.29 is 4.79 Å². The molecule has 3 nitrogen and oxygen atoms in total. The molecule has 0 saturated carbocycles. The molecule has 0 radical (unpaired) electrons. The van der Waals surface area contributed by atoms with E-state index in [1.807, 2.05) is 24.3 Å². The van der Waals surface area contributed by atoms with E-state index < -0.39 is 0 Å². The van der Waals surface area contributed by atoms with Crippen LogP contribution in [0, 0.1) is 0 Å². The molecule has 19 heavy (non-hydrogen) atoms. The molecule has 96 valence electrons. The lowest BCUT2D eigenvalue weighted by Gasteiger charge is -2.01. The Morgan fingerprint density at radius 3 is 2.53 bits per heavy atom. The average Bonchev–Trinajstić information content (AvgIpc) is 2.41. The van der Waals surface area contributed by atoms with Gasteiger partial charge in [0.05, 0.1) is 16.8 Å². The van der Waals surface area contributed by atoms with Gasteiger partial charge in [0, 0.05) is 4.47 Å². The molecule has 0 aliphatic rings. The second-order valence-corrected chi connectivity index (χ2v) is 5.05. The largest absolute Gasteiger partial charge is 0.272 e. The molecule has 0 heterocycles. The first-order valence-corrected chi connectivity index (χ1v) is 6.67. The molecular weight excluding hydrogens is 328 g/mol. The van der Waals surface area contributed by atoms with Crippen molar-refractivity contribution in [1.29, 1.82) is 0 Å². The average molecular weight is 338 g/mol. The lowest BCUT2D eigenvalue weighted by atomic mass is 10.2. The highest BCUT2D eigenvalue weighted by atomic mass is 79.9. The zero-order valence-electron chi connectivity index (χ0n) is 9.81. The third-order valence-electron chi connectivity index (χ3n) is 2.37. The number of benzene rings is 2. The van der Waals surface area contributed by atoms with Crippen LogP contribution in [0.25, 0.3) is 0 Å². The maximum atomic E-state index is 11.8. The van der Waals surface area contributed by atoms with Crippen LogP contribution in [0.2, 0.25) is 5.02 Å². The topological polar surface area (TPSA) is 41.5 Å². The van der Waals surface area contributed by atoms with E-state index in [0.29, 0.717) is 10.6 Å². The molecular formula is C14H10BrClN2O. The van der Waals surface area contributed by atoms with Gasteiger partial charge in [0.25, 0.3) is 5.91 Å². The molecule has 2 aromatic carbocycles. The number of carbonyl (C=O) groups is 1. The van der Waals surface area contributed by atoms with Gasteiger partial charge in [0.1, 0.15) is 0 Å². The number of nitrogens with one attached hydrogen (secondary N) is 1. The van der Waals surface area contributed by atoms with E-state index >= 15 is 0 Å². The van der Waals surface area contributed by atoms with Crippen molar-refractivity contribution in [2.75, 3.05) is 0 Å². The van der Waals surface area contributed by atoms with Gasteiger partial charge in [-0.1, -0.05) is 51.8 Å². The van der Waals surface area contributed by atoms with Crippen LogP contribution in [0.5, 0.6) is 0 Å². The molecule has 0 aliphatic carbocycles. The molecule has 0 fully saturated rings. The van der Waals surface area contributed by atoms with Crippen molar-refractivity contribution >= 4 is 39.7 Å². The lowest BCUT2D eigenvalue weighted by molar-refractivity contribution is 0.0955. The number of rotatable bonds is 3. The Balaban J connectivity index is 2.01. The van der Waals surface area contributed by atoms with Gasteiger partial charge in [-0.3, -0.25) is 4.79 Å². The van der Waals surface area contributed by atoms with Crippen molar-refractivity contribution in [2.24, 2.45) is 5.10 Å². The number of hydrazone groups is 1. The second kappa shape index (κ2) is 6.50. The monoisotopic (exact) mass is 336 g/mol. The third-order valence-corrected chi connectivity index (χ3v) is 3.23. The first kappa shape index (κ1) is 13.8. The molecule has 0 aliphatic heterocycles. The van der Waals surface area contributed by atoms with Crippen LogP contribution in [-0.2, 0) is 0 Å². The zero-order chi connectivity index (χ0) is 13.7. The van der Waals surface area contributed by atoms with E-state index in [-0.39, 0.29) is 5.91 Å². The Hall–Kier alpha value is -1.65. The second-order valence-electron chi connectivity index (χ2n) is 3.73. The van der Waals surface area contributed by atoms with E-state index in [0.717, 1.165) is 10.0 Å². The van der Waals surface area contributed by atoms with Crippen molar-refractivity contribution in [3.8, 4) is 0 Å². The van der Waals surface area contributed by atoms with Gasteiger partial charge in [-0.05, 0) is 29.8 Å².